The highest BCUT2D eigenvalue weighted by Crippen LogP contribution is 2.26. The van der Waals surface area contributed by atoms with Gasteiger partial charge < -0.3 is 5.32 Å². The average molecular weight is 329 g/mol. The van der Waals surface area contributed by atoms with E-state index in [2.05, 4.69) is 10.6 Å². The summed E-state index contributed by atoms with van der Waals surface area (Å²) in [6.45, 7) is 2.03. The summed E-state index contributed by atoms with van der Waals surface area (Å²) < 4.78 is 0. The molecule has 0 heterocycles. The summed E-state index contributed by atoms with van der Waals surface area (Å²) in [5.74, 6) is 0.0256. The molecule has 0 saturated heterocycles. The Bertz CT molecular complexity index is 670. The van der Waals surface area contributed by atoms with Gasteiger partial charge in [-0.05, 0) is 37.0 Å². The molecule has 3 nitrogen and oxygen atoms in total. The highest BCUT2D eigenvalue weighted by Gasteiger charge is 2.29. The molecule has 1 fully saturated rings. The molecule has 2 N–H and O–H groups in total. The highest BCUT2D eigenvalue weighted by atomic mass is 35.5. The lowest BCUT2D eigenvalue weighted by atomic mass is 10.0. The minimum Gasteiger partial charge on any atom is -0.352 e. The summed E-state index contributed by atoms with van der Waals surface area (Å²) in [5.41, 5.74) is 1.96. The topological polar surface area (TPSA) is 41.1 Å². The molecular weight excluding hydrogens is 308 g/mol. The van der Waals surface area contributed by atoms with Crippen molar-refractivity contribution in [2.45, 2.75) is 37.9 Å². The zero-order chi connectivity index (χ0) is 16.2. The van der Waals surface area contributed by atoms with Crippen molar-refractivity contribution in [2.75, 3.05) is 0 Å². The molecule has 0 radical (unpaired) electrons. The van der Waals surface area contributed by atoms with Crippen LogP contribution in [0.25, 0.3) is 0 Å². The third kappa shape index (κ3) is 4.12. The lowest BCUT2D eigenvalue weighted by molar-refractivity contribution is -0.123. The van der Waals surface area contributed by atoms with E-state index in [1.807, 2.05) is 61.5 Å². The second-order valence-corrected chi connectivity index (χ2v) is 6.44. The zero-order valence-electron chi connectivity index (χ0n) is 13.1. The number of benzene rings is 2. The molecule has 2 aromatic carbocycles. The van der Waals surface area contributed by atoms with Crippen molar-refractivity contribution in [1.82, 2.24) is 10.6 Å². The van der Waals surface area contributed by atoms with Crippen LogP contribution >= 0.6 is 11.6 Å². The van der Waals surface area contributed by atoms with Crippen molar-refractivity contribution in [3.63, 3.8) is 0 Å². The minimum atomic E-state index is -0.386. The monoisotopic (exact) mass is 328 g/mol. The predicted octanol–water partition coefficient (Wildman–Crippen LogP) is 4.01. The van der Waals surface area contributed by atoms with E-state index in [-0.39, 0.29) is 18.0 Å². The number of hydrogen-bond acceptors (Lipinski definition) is 2. The van der Waals surface area contributed by atoms with Gasteiger partial charge in [0.15, 0.2) is 0 Å². The Labute approximate surface area is 142 Å². The molecule has 0 aliphatic heterocycles. The molecule has 23 heavy (non-hydrogen) atoms. The molecule has 2 aromatic rings. The van der Waals surface area contributed by atoms with Gasteiger partial charge in [0.05, 0.1) is 0 Å². The molecule has 4 heteroatoms. The minimum absolute atomic E-state index is 0.0256. The summed E-state index contributed by atoms with van der Waals surface area (Å²) in [6, 6.07) is 17.5. The first-order chi connectivity index (χ1) is 11.1. The second-order valence-electron chi connectivity index (χ2n) is 6.04. The van der Waals surface area contributed by atoms with Gasteiger partial charge in [-0.2, -0.15) is 0 Å². The molecule has 1 saturated carbocycles. The number of amides is 1. The molecule has 0 unspecified atom stereocenters. The first kappa shape index (κ1) is 16.0. The molecule has 1 aliphatic carbocycles. The Hall–Kier alpha value is -1.84. The Morgan fingerprint density at radius 1 is 1.09 bits per heavy atom. The lowest BCUT2D eigenvalue weighted by Crippen LogP contribution is -2.39. The Morgan fingerprint density at radius 3 is 2.39 bits per heavy atom. The summed E-state index contributed by atoms with van der Waals surface area (Å²) in [7, 11) is 0. The van der Waals surface area contributed by atoms with Gasteiger partial charge in [-0.1, -0.05) is 60.1 Å². The van der Waals surface area contributed by atoms with Gasteiger partial charge in [0.25, 0.3) is 0 Å². The van der Waals surface area contributed by atoms with E-state index in [0.717, 1.165) is 24.0 Å². The lowest BCUT2D eigenvalue weighted by Gasteiger charge is -2.24. The number of rotatable bonds is 6. The highest BCUT2D eigenvalue weighted by molar-refractivity contribution is 6.31. The average Bonchev–Trinajstić information content (AvgIpc) is 3.37. The maximum atomic E-state index is 12.6. The fourth-order valence-corrected chi connectivity index (χ4v) is 2.95. The molecule has 120 valence electrons. The van der Waals surface area contributed by atoms with Crippen LogP contribution in [-0.4, -0.2) is 11.9 Å². The quantitative estimate of drug-likeness (QED) is 0.841. The number of carbonyl (C=O) groups excluding carboxylic acids is 1. The number of hydrogen-bond donors (Lipinski definition) is 2. The Kier molecular flexibility index (Phi) is 4.99. The van der Waals surface area contributed by atoms with E-state index in [4.69, 9.17) is 11.6 Å². The van der Waals surface area contributed by atoms with E-state index in [1.165, 1.54) is 0 Å². The van der Waals surface area contributed by atoms with E-state index >= 15 is 0 Å². The normalized spacial score (nSPS) is 16.6. The van der Waals surface area contributed by atoms with Gasteiger partial charge in [0.2, 0.25) is 5.91 Å². The van der Waals surface area contributed by atoms with Crippen LogP contribution in [0.2, 0.25) is 5.02 Å². The largest absolute Gasteiger partial charge is 0.352 e. The first-order valence-electron chi connectivity index (χ1n) is 8.01. The molecule has 3 rings (SSSR count). The zero-order valence-corrected chi connectivity index (χ0v) is 13.9. The third-order valence-corrected chi connectivity index (χ3v) is 4.45. The van der Waals surface area contributed by atoms with Gasteiger partial charge in [0.1, 0.15) is 6.04 Å². The Morgan fingerprint density at radius 2 is 1.74 bits per heavy atom. The molecule has 0 bridgehead atoms. The summed E-state index contributed by atoms with van der Waals surface area (Å²) in [5, 5.41) is 7.23. The van der Waals surface area contributed by atoms with E-state index in [1.54, 1.807) is 0 Å². The smallest absolute Gasteiger partial charge is 0.241 e. The van der Waals surface area contributed by atoms with Crippen LogP contribution in [0.1, 0.15) is 43.0 Å². The fourth-order valence-electron chi connectivity index (χ4n) is 2.65. The van der Waals surface area contributed by atoms with E-state index < -0.39 is 0 Å². The molecule has 0 aromatic heterocycles. The molecule has 1 aliphatic rings. The van der Waals surface area contributed by atoms with Crippen molar-refractivity contribution in [3.05, 3.63) is 70.7 Å². The van der Waals surface area contributed by atoms with Gasteiger partial charge in [-0.3, -0.25) is 10.1 Å². The van der Waals surface area contributed by atoms with Gasteiger partial charge >= 0.3 is 0 Å². The summed E-state index contributed by atoms with van der Waals surface area (Å²) >= 11 is 6.28. The van der Waals surface area contributed by atoms with Crippen LogP contribution in [0, 0.1) is 0 Å². The number of carbonyl (C=O) groups is 1. The molecule has 2 atom stereocenters. The van der Waals surface area contributed by atoms with Crippen LogP contribution in [0.15, 0.2) is 54.6 Å². The van der Waals surface area contributed by atoms with Crippen LogP contribution in [0.4, 0.5) is 0 Å². The summed E-state index contributed by atoms with van der Waals surface area (Å²) in [4.78, 5) is 12.6. The third-order valence-electron chi connectivity index (χ3n) is 4.11. The number of nitrogens with one attached hydrogen (secondary N) is 2. The Balaban J connectivity index is 1.80. The van der Waals surface area contributed by atoms with Crippen LogP contribution < -0.4 is 10.6 Å². The van der Waals surface area contributed by atoms with Crippen molar-refractivity contribution in [1.29, 1.82) is 0 Å². The van der Waals surface area contributed by atoms with Gasteiger partial charge in [0, 0.05) is 17.1 Å². The predicted molar refractivity (Wildman–Crippen MR) is 93.4 cm³/mol. The van der Waals surface area contributed by atoms with Gasteiger partial charge in [-0.15, -0.1) is 0 Å². The maximum absolute atomic E-state index is 12.6. The maximum Gasteiger partial charge on any atom is 0.241 e. The van der Waals surface area contributed by atoms with Crippen LogP contribution in [-0.2, 0) is 4.79 Å². The fraction of sp³-hybridized carbons (Fsp3) is 0.316. The SMILES string of the molecule is C[C@@H](N[C@H](C(=O)NC1CC1)c1ccccc1)c1ccccc1Cl. The van der Waals surface area contributed by atoms with Gasteiger partial charge in [-0.25, -0.2) is 0 Å². The molecular formula is C19H21ClN2O. The molecule has 0 spiro atoms. The first-order valence-corrected chi connectivity index (χ1v) is 8.39. The van der Waals surface area contributed by atoms with Crippen LogP contribution in [0.3, 0.4) is 0 Å². The number of halogens is 1. The van der Waals surface area contributed by atoms with Crippen molar-refractivity contribution < 1.29 is 4.79 Å². The van der Waals surface area contributed by atoms with Crippen molar-refractivity contribution in [2.24, 2.45) is 0 Å². The van der Waals surface area contributed by atoms with Crippen LogP contribution in [0.5, 0.6) is 0 Å². The van der Waals surface area contributed by atoms with E-state index in [0.29, 0.717) is 11.1 Å². The van der Waals surface area contributed by atoms with E-state index in [9.17, 15) is 4.79 Å². The van der Waals surface area contributed by atoms with Crippen molar-refractivity contribution >= 4 is 17.5 Å². The summed E-state index contributed by atoms with van der Waals surface area (Å²) in [6.07, 6.45) is 2.15. The van der Waals surface area contributed by atoms with Crippen molar-refractivity contribution in [3.8, 4) is 0 Å². The molecule has 1 amide bonds. The second kappa shape index (κ2) is 7.16. The standard InChI is InChI=1S/C19H21ClN2O/c1-13(16-9-5-6-10-17(16)20)21-18(14-7-3-2-4-8-14)19(23)22-15-11-12-15/h2-10,13,15,18,21H,11-12H2,1H3,(H,22,23)/t13-,18+/m1/s1.